The molecule has 1 N–H and O–H groups in total. The van der Waals surface area contributed by atoms with Gasteiger partial charge in [-0.25, -0.2) is 4.98 Å². The maximum absolute atomic E-state index is 13.2. The van der Waals surface area contributed by atoms with Crippen molar-refractivity contribution in [3.05, 3.63) is 78.2 Å². The van der Waals surface area contributed by atoms with Gasteiger partial charge in [0.2, 0.25) is 5.91 Å². The summed E-state index contributed by atoms with van der Waals surface area (Å²) in [5, 5.41) is 5.80. The van der Waals surface area contributed by atoms with Crippen molar-refractivity contribution in [1.82, 2.24) is 4.98 Å². The minimum Gasteiger partial charge on any atom is -0.492 e. The van der Waals surface area contributed by atoms with Gasteiger partial charge in [-0.05, 0) is 44.2 Å². The number of amides is 2. The van der Waals surface area contributed by atoms with E-state index in [1.54, 1.807) is 30.4 Å². The Morgan fingerprint density at radius 3 is 2.69 bits per heavy atom. The second kappa shape index (κ2) is 10.2. The molecule has 0 bridgehead atoms. The molecular weight excluding hydrogens is 474 g/mol. The van der Waals surface area contributed by atoms with Crippen LogP contribution in [0, 0.1) is 0 Å². The van der Waals surface area contributed by atoms with Gasteiger partial charge in [0.15, 0.2) is 6.61 Å². The van der Waals surface area contributed by atoms with Gasteiger partial charge in [0.1, 0.15) is 22.5 Å². The molecule has 0 saturated carbocycles. The van der Waals surface area contributed by atoms with Crippen LogP contribution in [0.3, 0.4) is 0 Å². The number of nitrogens with zero attached hydrogens (tertiary/aromatic N) is 2. The molecule has 0 spiro atoms. The molecule has 2 amide bonds. The van der Waals surface area contributed by atoms with E-state index in [1.807, 2.05) is 73.0 Å². The predicted molar refractivity (Wildman–Crippen MR) is 142 cm³/mol. The Morgan fingerprint density at radius 1 is 1.11 bits per heavy atom. The molecule has 0 fully saturated rings. The molecule has 1 aromatic heterocycles. The summed E-state index contributed by atoms with van der Waals surface area (Å²) in [4.78, 5) is 32.5. The van der Waals surface area contributed by atoms with Gasteiger partial charge in [-0.1, -0.05) is 42.5 Å². The van der Waals surface area contributed by atoms with E-state index in [0.717, 1.165) is 21.8 Å². The van der Waals surface area contributed by atoms with E-state index >= 15 is 0 Å². The van der Waals surface area contributed by atoms with E-state index in [-0.39, 0.29) is 18.4 Å². The van der Waals surface area contributed by atoms with Crippen LogP contribution in [0.4, 0.5) is 11.4 Å². The van der Waals surface area contributed by atoms with Crippen LogP contribution in [-0.4, -0.2) is 36.1 Å². The summed E-state index contributed by atoms with van der Waals surface area (Å²) in [6.07, 6.45) is 0. The highest BCUT2D eigenvalue weighted by Crippen LogP contribution is 2.38. The van der Waals surface area contributed by atoms with Gasteiger partial charge in [0.25, 0.3) is 5.91 Å². The van der Waals surface area contributed by atoms with E-state index in [2.05, 4.69) is 5.32 Å². The van der Waals surface area contributed by atoms with Crippen LogP contribution in [0.15, 0.2) is 78.2 Å². The molecule has 5 rings (SSSR count). The van der Waals surface area contributed by atoms with Gasteiger partial charge in [-0.15, -0.1) is 11.3 Å². The molecule has 0 saturated heterocycles. The van der Waals surface area contributed by atoms with Crippen LogP contribution in [0.1, 0.15) is 13.8 Å². The molecular formula is C28H25N3O4S. The second-order valence-corrected chi connectivity index (χ2v) is 9.09. The molecule has 36 heavy (non-hydrogen) atoms. The summed E-state index contributed by atoms with van der Waals surface area (Å²) in [5.74, 6) is 0.512. The number of rotatable bonds is 7. The number of hydrogen-bond acceptors (Lipinski definition) is 6. The van der Waals surface area contributed by atoms with Crippen molar-refractivity contribution >= 4 is 34.5 Å². The third-order valence-electron chi connectivity index (χ3n) is 5.87. The van der Waals surface area contributed by atoms with Gasteiger partial charge in [0.05, 0.1) is 23.7 Å². The Labute approximate surface area is 213 Å². The number of nitrogens with one attached hydrogen (secondary N) is 1. The van der Waals surface area contributed by atoms with Crippen molar-refractivity contribution in [3.63, 3.8) is 0 Å². The monoisotopic (exact) mass is 499 g/mol. The zero-order chi connectivity index (χ0) is 25.1. The smallest absolute Gasteiger partial charge is 0.265 e. The Bertz CT molecular complexity index is 1400. The van der Waals surface area contributed by atoms with Gasteiger partial charge >= 0.3 is 0 Å². The van der Waals surface area contributed by atoms with E-state index in [4.69, 9.17) is 14.5 Å². The maximum Gasteiger partial charge on any atom is 0.265 e. The molecule has 1 atom stereocenters. The topological polar surface area (TPSA) is 80.8 Å². The van der Waals surface area contributed by atoms with Gasteiger partial charge in [0, 0.05) is 16.5 Å². The number of benzene rings is 3. The molecule has 2 heterocycles. The number of anilines is 2. The fourth-order valence-corrected chi connectivity index (χ4v) is 4.92. The molecule has 0 radical (unpaired) electrons. The number of thiazole rings is 1. The standard InChI is InChI=1S/C28H25N3O4S/c1-3-34-24-12-8-7-11-21(24)29-27(33)18(2)31-23-15-20(13-14-25(23)35-16-26(31)32)22-17-36-28(30-22)19-9-5-4-6-10-19/h4-15,17-18H,3,16H2,1-2H3,(H,29,33). The van der Waals surface area contributed by atoms with Crippen molar-refractivity contribution < 1.29 is 19.1 Å². The zero-order valence-corrected chi connectivity index (χ0v) is 20.7. The molecule has 3 aromatic carbocycles. The first kappa shape index (κ1) is 23.6. The lowest BCUT2D eigenvalue weighted by Gasteiger charge is -2.33. The zero-order valence-electron chi connectivity index (χ0n) is 19.9. The highest BCUT2D eigenvalue weighted by molar-refractivity contribution is 7.13. The minimum atomic E-state index is -0.777. The minimum absolute atomic E-state index is 0.131. The summed E-state index contributed by atoms with van der Waals surface area (Å²) >= 11 is 1.56. The Kier molecular flexibility index (Phi) is 6.69. The van der Waals surface area contributed by atoms with Crippen molar-refractivity contribution in [1.29, 1.82) is 0 Å². The third kappa shape index (κ3) is 4.67. The average molecular weight is 500 g/mol. The lowest BCUT2D eigenvalue weighted by Crippen LogP contribution is -2.49. The molecule has 0 aliphatic carbocycles. The second-order valence-electron chi connectivity index (χ2n) is 8.23. The average Bonchev–Trinajstić information content (AvgIpc) is 3.40. The molecule has 182 valence electrons. The number of ether oxygens (including phenoxy) is 2. The summed E-state index contributed by atoms with van der Waals surface area (Å²) in [5.41, 5.74) is 3.78. The number of aromatic nitrogens is 1. The summed E-state index contributed by atoms with van der Waals surface area (Å²) in [6, 6.07) is 22.0. The number of fused-ring (bicyclic) bond motifs is 1. The number of para-hydroxylation sites is 2. The molecule has 7 nitrogen and oxygen atoms in total. The Morgan fingerprint density at radius 2 is 1.89 bits per heavy atom. The first-order valence-electron chi connectivity index (χ1n) is 11.7. The third-order valence-corrected chi connectivity index (χ3v) is 6.76. The fourth-order valence-electron chi connectivity index (χ4n) is 4.08. The van der Waals surface area contributed by atoms with Crippen molar-refractivity contribution in [2.24, 2.45) is 0 Å². The Balaban J connectivity index is 1.43. The molecule has 8 heteroatoms. The Hall–Kier alpha value is -4.17. The van der Waals surface area contributed by atoms with Gasteiger partial charge < -0.3 is 14.8 Å². The van der Waals surface area contributed by atoms with Crippen molar-refractivity contribution in [3.8, 4) is 33.3 Å². The highest BCUT2D eigenvalue weighted by Gasteiger charge is 2.34. The number of carbonyl (C=O) groups is 2. The van der Waals surface area contributed by atoms with Crippen LogP contribution in [0.25, 0.3) is 21.8 Å². The van der Waals surface area contributed by atoms with Crippen LogP contribution < -0.4 is 19.7 Å². The van der Waals surface area contributed by atoms with Gasteiger partial charge in [-0.2, -0.15) is 0 Å². The van der Waals surface area contributed by atoms with E-state index in [0.29, 0.717) is 29.5 Å². The van der Waals surface area contributed by atoms with Crippen LogP contribution in [-0.2, 0) is 9.59 Å². The molecule has 1 unspecified atom stereocenters. The predicted octanol–water partition coefficient (Wildman–Crippen LogP) is 5.63. The van der Waals surface area contributed by atoms with Crippen molar-refractivity contribution in [2.45, 2.75) is 19.9 Å². The van der Waals surface area contributed by atoms with E-state index in [9.17, 15) is 9.59 Å². The first-order valence-corrected chi connectivity index (χ1v) is 12.6. The van der Waals surface area contributed by atoms with Crippen LogP contribution in [0.2, 0.25) is 0 Å². The van der Waals surface area contributed by atoms with Crippen molar-refractivity contribution in [2.75, 3.05) is 23.4 Å². The summed E-state index contributed by atoms with van der Waals surface area (Å²) < 4.78 is 11.3. The summed E-state index contributed by atoms with van der Waals surface area (Å²) in [6.45, 7) is 3.93. The van der Waals surface area contributed by atoms with E-state index in [1.165, 1.54) is 4.90 Å². The lowest BCUT2D eigenvalue weighted by molar-refractivity contribution is -0.125. The number of hydrogen-bond donors (Lipinski definition) is 1. The molecule has 1 aliphatic heterocycles. The largest absolute Gasteiger partial charge is 0.492 e. The quantitative estimate of drug-likeness (QED) is 0.357. The SMILES string of the molecule is CCOc1ccccc1NC(=O)C(C)N1C(=O)COc2ccc(-c3csc(-c4ccccc4)n3)cc21. The maximum atomic E-state index is 13.2. The summed E-state index contributed by atoms with van der Waals surface area (Å²) in [7, 11) is 0. The van der Waals surface area contributed by atoms with Crippen LogP contribution in [0.5, 0.6) is 11.5 Å². The fraction of sp³-hybridized carbons (Fsp3) is 0.179. The van der Waals surface area contributed by atoms with E-state index < -0.39 is 6.04 Å². The van der Waals surface area contributed by atoms with Gasteiger partial charge in [-0.3, -0.25) is 14.5 Å². The van der Waals surface area contributed by atoms with Crippen LogP contribution >= 0.6 is 11.3 Å². The first-order chi connectivity index (χ1) is 17.5. The molecule has 1 aliphatic rings. The number of carbonyl (C=O) groups excluding carboxylic acids is 2. The lowest BCUT2D eigenvalue weighted by atomic mass is 10.1. The normalized spacial score (nSPS) is 13.5. The molecule has 4 aromatic rings. The highest BCUT2D eigenvalue weighted by atomic mass is 32.1.